The summed E-state index contributed by atoms with van der Waals surface area (Å²) in [4.78, 5) is 12.3. The molecule has 2 aromatic rings. The number of hydrogen-bond donors (Lipinski definition) is 2. The molecule has 0 saturated carbocycles. The molecule has 2 N–H and O–H groups in total. The lowest BCUT2D eigenvalue weighted by Gasteiger charge is -2.13. The van der Waals surface area contributed by atoms with Gasteiger partial charge in [-0.05, 0) is 30.5 Å². The van der Waals surface area contributed by atoms with Gasteiger partial charge in [0, 0.05) is 0 Å². The van der Waals surface area contributed by atoms with Crippen LogP contribution in [0, 0.1) is 17.2 Å². The number of carbonyl (C=O) groups is 1. The van der Waals surface area contributed by atoms with Crippen LogP contribution in [0.2, 0.25) is 0 Å². The van der Waals surface area contributed by atoms with Crippen LogP contribution in [0.5, 0.6) is 11.5 Å². The van der Waals surface area contributed by atoms with Gasteiger partial charge in [-0.2, -0.15) is 5.26 Å². The fourth-order valence-corrected chi connectivity index (χ4v) is 2.87. The second-order valence-corrected chi connectivity index (χ2v) is 6.35. The number of ether oxygens (including phenoxy) is 2. The minimum absolute atomic E-state index is 0.104. The van der Waals surface area contributed by atoms with Crippen molar-refractivity contribution in [1.82, 2.24) is 10.2 Å². The molecule has 2 rings (SSSR count). The number of benzene rings is 1. The Morgan fingerprint density at radius 3 is 2.85 bits per heavy atom. The first-order valence-corrected chi connectivity index (χ1v) is 8.86. The topological polar surface area (TPSA) is 117 Å². The molecule has 26 heavy (non-hydrogen) atoms. The maximum Gasteiger partial charge on any atom is 0.243 e. The summed E-state index contributed by atoms with van der Waals surface area (Å²) in [5, 5.41) is 29.9. The highest BCUT2D eigenvalue weighted by atomic mass is 32.1. The number of methoxy groups -OCH3 is 1. The Morgan fingerprint density at radius 1 is 1.42 bits per heavy atom. The normalized spacial score (nSPS) is 11.5. The Labute approximate surface area is 155 Å². The molecule has 9 heteroatoms. The van der Waals surface area contributed by atoms with E-state index in [-0.39, 0.29) is 19.6 Å². The quantitative estimate of drug-likeness (QED) is 0.685. The predicted molar refractivity (Wildman–Crippen MR) is 96.3 cm³/mol. The molecule has 138 valence electrons. The first-order chi connectivity index (χ1) is 12.6. The molecule has 1 amide bonds. The van der Waals surface area contributed by atoms with Crippen molar-refractivity contribution in [3.8, 4) is 17.6 Å². The second kappa shape index (κ2) is 9.70. The van der Waals surface area contributed by atoms with Crippen LogP contribution in [0.3, 0.4) is 0 Å². The number of aromatic nitrogens is 2. The monoisotopic (exact) mass is 376 g/mol. The number of carbonyl (C=O) groups excluding carboxylic acids is 1. The molecule has 8 nitrogen and oxygen atoms in total. The molecule has 1 unspecified atom stereocenters. The van der Waals surface area contributed by atoms with Gasteiger partial charge in [0.1, 0.15) is 17.5 Å². The number of hydrogen-bond acceptors (Lipinski definition) is 8. The smallest absolute Gasteiger partial charge is 0.243 e. The fraction of sp³-hybridized carbons (Fsp3) is 0.412. The number of nitrogens with one attached hydrogen (secondary N) is 1. The Balaban J connectivity index is 2.06. The Morgan fingerprint density at radius 2 is 2.23 bits per heavy atom. The standard InChI is InChI=1S/C17H20N4O4S/c1-3-15-20-21-17(26-15)19-16(23)12(10-18)8-11-4-5-13(25-7-6-22)14(9-11)24-2/h4-5,9,12,22H,3,6-8H2,1-2H3,(H,19,21,23). The largest absolute Gasteiger partial charge is 0.493 e. The molecule has 0 aliphatic rings. The zero-order valence-corrected chi connectivity index (χ0v) is 15.4. The number of amides is 1. The van der Waals surface area contributed by atoms with Gasteiger partial charge in [0.25, 0.3) is 0 Å². The molecule has 1 heterocycles. The van der Waals surface area contributed by atoms with E-state index in [9.17, 15) is 10.1 Å². The number of aryl methyl sites for hydroxylation is 1. The molecule has 1 atom stereocenters. The highest BCUT2D eigenvalue weighted by molar-refractivity contribution is 7.15. The van der Waals surface area contributed by atoms with Crippen LogP contribution in [-0.2, 0) is 17.6 Å². The average Bonchev–Trinajstić information content (AvgIpc) is 3.12. The van der Waals surface area contributed by atoms with Gasteiger partial charge in [0.2, 0.25) is 11.0 Å². The van der Waals surface area contributed by atoms with E-state index in [4.69, 9.17) is 14.6 Å². The van der Waals surface area contributed by atoms with E-state index in [1.165, 1.54) is 18.4 Å². The van der Waals surface area contributed by atoms with Crippen molar-refractivity contribution in [3.63, 3.8) is 0 Å². The van der Waals surface area contributed by atoms with Crippen LogP contribution in [0.15, 0.2) is 18.2 Å². The number of nitriles is 1. The summed E-state index contributed by atoms with van der Waals surface area (Å²) < 4.78 is 10.6. The highest BCUT2D eigenvalue weighted by Gasteiger charge is 2.21. The molecule has 0 spiro atoms. The molecule has 0 aliphatic carbocycles. The van der Waals surface area contributed by atoms with Crippen molar-refractivity contribution in [3.05, 3.63) is 28.8 Å². The van der Waals surface area contributed by atoms with Crippen molar-refractivity contribution in [2.75, 3.05) is 25.6 Å². The zero-order chi connectivity index (χ0) is 18.9. The summed E-state index contributed by atoms with van der Waals surface area (Å²) in [7, 11) is 1.50. The van der Waals surface area contributed by atoms with E-state index in [0.29, 0.717) is 16.6 Å². The third kappa shape index (κ3) is 5.15. The summed E-state index contributed by atoms with van der Waals surface area (Å²) in [5.41, 5.74) is 0.756. The molecule has 0 saturated heterocycles. The van der Waals surface area contributed by atoms with Gasteiger partial charge in [-0.1, -0.05) is 24.3 Å². The van der Waals surface area contributed by atoms with E-state index in [1.807, 2.05) is 13.0 Å². The second-order valence-electron chi connectivity index (χ2n) is 5.29. The number of nitrogens with zero attached hydrogens (tertiary/aromatic N) is 3. The van der Waals surface area contributed by atoms with Crippen molar-refractivity contribution in [2.24, 2.45) is 5.92 Å². The van der Waals surface area contributed by atoms with Gasteiger partial charge in [-0.15, -0.1) is 10.2 Å². The Hall–Kier alpha value is -2.70. The lowest BCUT2D eigenvalue weighted by molar-refractivity contribution is -0.118. The lowest BCUT2D eigenvalue weighted by Crippen LogP contribution is -2.23. The van der Waals surface area contributed by atoms with E-state index < -0.39 is 11.8 Å². The van der Waals surface area contributed by atoms with Crippen molar-refractivity contribution < 1.29 is 19.4 Å². The third-order valence-electron chi connectivity index (χ3n) is 3.49. The first kappa shape index (κ1) is 19.6. The van der Waals surface area contributed by atoms with E-state index in [2.05, 4.69) is 15.5 Å². The van der Waals surface area contributed by atoms with E-state index in [1.54, 1.807) is 18.2 Å². The van der Waals surface area contributed by atoms with Gasteiger partial charge in [0.15, 0.2) is 11.5 Å². The van der Waals surface area contributed by atoms with Crippen LogP contribution in [0.4, 0.5) is 5.13 Å². The summed E-state index contributed by atoms with van der Waals surface area (Å²) in [6.45, 7) is 2.00. The van der Waals surface area contributed by atoms with Gasteiger partial charge < -0.3 is 14.6 Å². The number of aliphatic hydroxyl groups excluding tert-OH is 1. The summed E-state index contributed by atoms with van der Waals surface area (Å²) in [6, 6.07) is 7.18. The highest BCUT2D eigenvalue weighted by Crippen LogP contribution is 2.29. The predicted octanol–water partition coefficient (Wildman–Crippen LogP) is 1.80. The average molecular weight is 376 g/mol. The van der Waals surface area contributed by atoms with Crippen LogP contribution in [0.1, 0.15) is 17.5 Å². The molecule has 1 aromatic carbocycles. The number of anilines is 1. The molecule has 0 bridgehead atoms. The number of aliphatic hydroxyl groups is 1. The third-order valence-corrected chi connectivity index (χ3v) is 4.47. The molecule has 1 aromatic heterocycles. The number of rotatable bonds is 9. The maximum atomic E-state index is 12.3. The Kier molecular flexibility index (Phi) is 7.32. The molecule has 0 aliphatic heterocycles. The van der Waals surface area contributed by atoms with E-state index in [0.717, 1.165) is 17.0 Å². The summed E-state index contributed by atoms with van der Waals surface area (Å²) >= 11 is 1.29. The van der Waals surface area contributed by atoms with Crippen LogP contribution in [0.25, 0.3) is 0 Å². The molecular weight excluding hydrogens is 356 g/mol. The van der Waals surface area contributed by atoms with Crippen LogP contribution in [-0.4, -0.2) is 41.5 Å². The van der Waals surface area contributed by atoms with Gasteiger partial charge in [0.05, 0.1) is 19.8 Å². The van der Waals surface area contributed by atoms with Gasteiger partial charge >= 0.3 is 0 Å². The minimum Gasteiger partial charge on any atom is -0.493 e. The van der Waals surface area contributed by atoms with Crippen LogP contribution < -0.4 is 14.8 Å². The fourth-order valence-electron chi connectivity index (χ4n) is 2.19. The van der Waals surface area contributed by atoms with E-state index >= 15 is 0 Å². The Bertz CT molecular complexity index is 787. The zero-order valence-electron chi connectivity index (χ0n) is 14.6. The molecule has 0 radical (unpaired) electrons. The lowest BCUT2D eigenvalue weighted by atomic mass is 9.99. The first-order valence-electron chi connectivity index (χ1n) is 8.04. The molecule has 0 fully saturated rings. The summed E-state index contributed by atoms with van der Waals surface area (Å²) in [5.74, 6) is -0.335. The minimum atomic E-state index is -0.877. The van der Waals surface area contributed by atoms with Crippen LogP contribution >= 0.6 is 11.3 Å². The van der Waals surface area contributed by atoms with Crippen molar-refractivity contribution in [2.45, 2.75) is 19.8 Å². The van der Waals surface area contributed by atoms with Crippen molar-refractivity contribution in [1.29, 1.82) is 5.26 Å². The van der Waals surface area contributed by atoms with Gasteiger partial charge in [-0.25, -0.2) is 0 Å². The van der Waals surface area contributed by atoms with Gasteiger partial charge in [-0.3, -0.25) is 10.1 Å². The van der Waals surface area contributed by atoms with Crippen molar-refractivity contribution >= 4 is 22.4 Å². The summed E-state index contributed by atoms with van der Waals surface area (Å²) in [6.07, 6.45) is 0.956. The SMILES string of the molecule is CCc1nnc(NC(=O)C(C#N)Cc2ccc(OCCO)c(OC)c2)s1. The molecular formula is C17H20N4O4S. The maximum absolute atomic E-state index is 12.3.